The molecule has 0 N–H and O–H groups in total. The van der Waals surface area contributed by atoms with Crippen LogP contribution in [0.2, 0.25) is 0 Å². The van der Waals surface area contributed by atoms with Crippen LogP contribution in [-0.2, 0) is 9.47 Å². The molecule has 0 radical (unpaired) electrons. The molecule has 0 saturated carbocycles. The lowest BCUT2D eigenvalue weighted by atomic mass is 10.2. The third-order valence-electron chi connectivity index (χ3n) is 4.20. The molecule has 0 aliphatic carbocycles. The van der Waals surface area contributed by atoms with Crippen LogP contribution in [0.4, 0.5) is 0 Å². The van der Waals surface area contributed by atoms with Crippen molar-refractivity contribution in [3.63, 3.8) is 0 Å². The van der Waals surface area contributed by atoms with Crippen LogP contribution in [0.25, 0.3) is 5.76 Å². The van der Waals surface area contributed by atoms with Gasteiger partial charge in [-0.15, -0.1) is 0 Å². The summed E-state index contributed by atoms with van der Waals surface area (Å²) < 4.78 is 22.0. The maximum absolute atomic E-state index is 12.1. The summed E-state index contributed by atoms with van der Waals surface area (Å²) in [6.45, 7) is 2.77. The molecule has 0 aliphatic heterocycles. The second-order valence-corrected chi connectivity index (χ2v) is 6.20. The molecular formula is C23H28O5. The molecule has 0 amide bonds. The number of carbonyl (C=O) groups excluding carboxylic acids is 1. The quantitative estimate of drug-likeness (QED) is 0.293. The maximum atomic E-state index is 12.1. The van der Waals surface area contributed by atoms with E-state index >= 15 is 0 Å². The summed E-state index contributed by atoms with van der Waals surface area (Å²) in [5.74, 6) is 0.831. The number of benzene rings is 2. The van der Waals surface area contributed by atoms with Crippen molar-refractivity contribution >= 4 is 11.7 Å². The van der Waals surface area contributed by atoms with Gasteiger partial charge in [-0.3, -0.25) is 0 Å². The molecule has 5 heteroatoms. The lowest BCUT2D eigenvalue weighted by Gasteiger charge is -2.14. The van der Waals surface area contributed by atoms with Crippen molar-refractivity contribution < 1.29 is 23.7 Å². The molecule has 0 aromatic heterocycles. The van der Waals surface area contributed by atoms with Gasteiger partial charge >= 0.3 is 5.97 Å². The Morgan fingerprint density at radius 2 is 1.75 bits per heavy atom. The van der Waals surface area contributed by atoms with Crippen LogP contribution in [0.5, 0.6) is 11.5 Å². The third kappa shape index (κ3) is 6.05. The van der Waals surface area contributed by atoms with E-state index in [4.69, 9.17) is 18.9 Å². The first kappa shape index (κ1) is 21.4. The molecule has 0 fully saturated rings. The zero-order valence-corrected chi connectivity index (χ0v) is 16.8. The molecule has 2 aromatic rings. The number of methoxy groups -OCH3 is 2. The number of hydrogen-bond donors (Lipinski definition) is 0. The van der Waals surface area contributed by atoms with E-state index in [0.717, 1.165) is 18.4 Å². The van der Waals surface area contributed by atoms with Crippen LogP contribution >= 0.6 is 0 Å². The van der Waals surface area contributed by atoms with Crippen molar-refractivity contribution in [1.82, 2.24) is 0 Å². The van der Waals surface area contributed by atoms with Crippen molar-refractivity contribution in [2.75, 3.05) is 20.8 Å². The average Bonchev–Trinajstić information content (AvgIpc) is 2.75. The molecule has 0 atom stereocenters. The summed E-state index contributed by atoms with van der Waals surface area (Å²) in [6, 6.07) is 14.8. The Balaban J connectivity index is 2.25. The van der Waals surface area contributed by atoms with E-state index in [9.17, 15) is 4.79 Å². The predicted molar refractivity (Wildman–Crippen MR) is 109 cm³/mol. The summed E-state index contributed by atoms with van der Waals surface area (Å²) in [6.07, 6.45) is 5.97. The second-order valence-electron chi connectivity index (χ2n) is 6.20. The van der Waals surface area contributed by atoms with Crippen molar-refractivity contribution in [1.29, 1.82) is 0 Å². The lowest BCUT2D eigenvalue weighted by molar-refractivity contribution is 0.0597. The Hall–Kier alpha value is -2.95. The van der Waals surface area contributed by atoms with Gasteiger partial charge in [-0.25, -0.2) is 4.79 Å². The molecule has 2 aromatic carbocycles. The molecule has 28 heavy (non-hydrogen) atoms. The monoisotopic (exact) mass is 384 g/mol. The van der Waals surface area contributed by atoms with Gasteiger partial charge in [-0.2, -0.15) is 0 Å². The van der Waals surface area contributed by atoms with Gasteiger partial charge in [0.25, 0.3) is 0 Å². The van der Waals surface area contributed by atoms with Crippen LogP contribution in [0.3, 0.4) is 0 Å². The predicted octanol–water partition coefficient (Wildman–Crippen LogP) is 5.46. The van der Waals surface area contributed by atoms with Gasteiger partial charge in [0.2, 0.25) is 0 Å². The largest absolute Gasteiger partial charge is 0.493 e. The molecule has 150 valence electrons. The minimum Gasteiger partial charge on any atom is -0.493 e. The highest BCUT2D eigenvalue weighted by Crippen LogP contribution is 2.32. The van der Waals surface area contributed by atoms with E-state index in [-0.39, 0.29) is 5.56 Å². The maximum Gasteiger partial charge on any atom is 0.341 e. The van der Waals surface area contributed by atoms with E-state index in [1.165, 1.54) is 33.3 Å². The van der Waals surface area contributed by atoms with Crippen molar-refractivity contribution in [2.45, 2.75) is 32.6 Å². The fourth-order valence-corrected chi connectivity index (χ4v) is 2.68. The Kier molecular flexibility index (Phi) is 8.92. The molecular weight excluding hydrogens is 356 g/mol. The summed E-state index contributed by atoms with van der Waals surface area (Å²) in [5.41, 5.74) is 1.18. The normalized spacial score (nSPS) is 11.0. The van der Waals surface area contributed by atoms with Crippen molar-refractivity contribution in [3.05, 3.63) is 65.9 Å². The number of para-hydroxylation sites is 1. The standard InChI is InChI=1S/C23H28O5/c1-4-5-6-10-16-27-21(18-12-8-7-9-13-18)17-28-22-19(23(24)26-3)14-11-15-20(22)25-2/h7-9,11-15,17H,4-6,10,16H2,1-3H3. The number of ether oxygens (including phenoxy) is 4. The Bertz CT molecular complexity index is 768. The van der Waals surface area contributed by atoms with E-state index in [2.05, 4.69) is 6.92 Å². The average molecular weight is 384 g/mol. The van der Waals surface area contributed by atoms with Crippen LogP contribution in [0, 0.1) is 0 Å². The highest BCUT2D eigenvalue weighted by atomic mass is 16.5. The molecule has 0 aliphatic rings. The molecule has 0 saturated heterocycles. The van der Waals surface area contributed by atoms with Crippen molar-refractivity contribution in [3.8, 4) is 11.5 Å². The fourth-order valence-electron chi connectivity index (χ4n) is 2.68. The fraction of sp³-hybridized carbons (Fsp3) is 0.348. The SMILES string of the molecule is CCCCCCOC(=COc1c(OC)cccc1C(=O)OC)c1ccccc1. The number of esters is 1. The smallest absolute Gasteiger partial charge is 0.341 e. The van der Waals surface area contributed by atoms with Crippen LogP contribution in [0.15, 0.2) is 54.8 Å². The van der Waals surface area contributed by atoms with Crippen LogP contribution in [-0.4, -0.2) is 26.8 Å². The molecule has 5 nitrogen and oxygen atoms in total. The first-order valence-corrected chi connectivity index (χ1v) is 9.51. The summed E-state index contributed by atoms with van der Waals surface area (Å²) in [5, 5.41) is 0. The minimum atomic E-state index is -0.496. The Morgan fingerprint density at radius 3 is 2.43 bits per heavy atom. The summed E-state index contributed by atoms with van der Waals surface area (Å²) in [4.78, 5) is 12.1. The molecule has 0 bridgehead atoms. The van der Waals surface area contributed by atoms with E-state index in [1.54, 1.807) is 18.2 Å². The number of unbranched alkanes of at least 4 members (excludes halogenated alkanes) is 3. The highest BCUT2D eigenvalue weighted by Gasteiger charge is 2.18. The van der Waals surface area contributed by atoms with Gasteiger partial charge in [-0.1, -0.05) is 62.6 Å². The van der Waals surface area contributed by atoms with Gasteiger partial charge in [0.05, 0.1) is 20.8 Å². The molecule has 0 heterocycles. The topological polar surface area (TPSA) is 54.0 Å². The Labute approximate surface area is 166 Å². The molecule has 0 spiro atoms. The van der Waals surface area contributed by atoms with E-state index in [1.807, 2.05) is 30.3 Å². The first-order chi connectivity index (χ1) is 13.7. The van der Waals surface area contributed by atoms with Crippen LogP contribution < -0.4 is 9.47 Å². The van der Waals surface area contributed by atoms with Crippen molar-refractivity contribution in [2.24, 2.45) is 0 Å². The molecule has 0 unspecified atom stereocenters. The van der Waals surface area contributed by atoms with Gasteiger partial charge in [0, 0.05) is 5.56 Å². The van der Waals surface area contributed by atoms with Gasteiger partial charge in [-0.05, 0) is 18.6 Å². The number of hydrogen-bond acceptors (Lipinski definition) is 5. The zero-order valence-electron chi connectivity index (χ0n) is 16.8. The van der Waals surface area contributed by atoms with Gasteiger partial charge in [0.1, 0.15) is 11.8 Å². The number of carbonyl (C=O) groups is 1. The van der Waals surface area contributed by atoms with Gasteiger partial charge in [0.15, 0.2) is 17.3 Å². The van der Waals surface area contributed by atoms with E-state index in [0.29, 0.717) is 23.9 Å². The summed E-state index contributed by atoms with van der Waals surface area (Å²) >= 11 is 0. The lowest BCUT2D eigenvalue weighted by Crippen LogP contribution is -2.05. The molecule has 2 rings (SSSR count). The van der Waals surface area contributed by atoms with Crippen LogP contribution in [0.1, 0.15) is 48.5 Å². The van der Waals surface area contributed by atoms with E-state index < -0.39 is 5.97 Å². The van der Waals surface area contributed by atoms with Gasteiger partial charge < -0.3 is 18.9 Å². The Morgan fingerprint density at radius 1 is 0.964 bits per heavy atom. The minimum absolute atomic E-state index is 0.286. The third-order valence-corrected chi connectivity index (χ3v) is 4.20. The zero-order chi connectivity index (χ0) is 20.2. The second kappa shape index (κ2) is 11.7. The summed E-state index contributed by atoms with van der Waals surface area (Å²) in [7, 11) is 2.85. The number of rotatable bonds is 11. The first-order valence-electron chi connectivity index (χ1n) is 9.51. The highest BCUT2D eigenvalue weighted by molar-refractivity contribution is 5.93.